The predicted octanol–water partition coefficient (Wildman–Crippen LogP) is 2.38. The van der Waals surface area contributed by atoms with Crippen LogP contribution in [0.15, 0.2) is 28.8 Å². The molecule has 0 unspecified atom stereocenters. The van der Waals surface area contributed by atoms with Gasteiger partial charge < -0.3 is 9.84 Å². The largest absolute Gasteiger partial charge is 0.379 e. The standard InChI is InChI=1S/C12H10N4O3/c1-8-4-11(15-19-8)7-14-10-3-2-9(6-13)12(5-10)16(17)18/h2-5,14H,7H2,1H3. The number of hydrogen-bond donors (Lipinski definition) is 1. The Labute approximate surface area is 108 Å². The second-order valence-electron chi connectivity index (χ2n) is 3.88. The lowest BCUT2D eigenvalue weighted by Gasteiger charge is -2.04. The van der Waals surface area contributed by atoms with E-state index >= 15 is 0 Å². The maximum atomic E-state index is 10.8. The third-order valence-electron chi connectivity index (χ3n) is 2.47. The number of hydrogen-bond acceptors (Lipinski definition) is 6. The van der Waals surface area contributed by atoms with Crippen LogP contribution in [0.3, 0.4) is 0 Å². The smallest absolute Gasteiger partial charge is 0.289 e. The Morgan fingerprint density at radius 2 is 2.32 bits per heavy atom. The molecular weight excluding hydrogens is 248 g/mol. The van der Waals surface area contributed by atoms with Crippen molar-refractivity contribution < 1.29 is 9.45 Å². The Morgan fingerprint density at radius 1 is 1.53 bits per heavy atom. The van der Waals surface area contributed by atoms with Crippen LogP contribution in [0, 0.1) is 28.4 Å². The number of nitro benzene ring substituents is 1. The lowest BCUT2D eigenvalue weighted by Crippen LogP contribution is -2.01. The van der Waals surface area contributed by atoms with E-state index in [0.29, 0.717) is 23.7 Å². The number of nitrogens with zero attached hydrogens (tertiary/aromatic N) is 3. The summed E-state index contributed by atoms with van der Waals surface area (Å²) in [6, 6.07) is 7.90. The highest BCUT2D eigenvalue weighted by Gasteiger charge is 2.14. The molecule has 0 atom stereocenters. The summed E-state index contributed by atoms with van der Waals surface area (Å²) in [6.45, 7) is 2.17. The average molecular weight is 258 g/mol. The van der Waals surface area contributed by atoms with Crippen molar-refractivity contribution in [1.82, 2.24) is 5.16 Å². The lowest BCUT2D eigenvalue weighted by molar-refractivity contribution is -0.385. The Balaban J connectivity index is 2.15. The fraction of sp³-hybridized carbons (Fsp3) is 0.167. The van der Waals surface area contributed by atoms with Crippen LogP contribution >= 0.6 is 0 Å². The number of aromatic nitrogens is 1. The second kappa shape index (κ2) is 5.18. The highest BCUT2D eigenvalue weighted by atomic mass is 16.6. The number of nitriles is 1. The highest BCUT2D eigenvalue weighted by molar-refractivity contribution is 5.59. The van der Waals surface area contributed by atoms with Crippen LogP contribution in [-0.2, 0) is 6.54 Å². The van der Waals surface area contributed by atoms with E-state index in [1.54, 1.807) is 25.1 Å². The van der Waals surface area contributed by atoms with E-state index in [9.17, 15) is 10.1 Å². The van der Waals surface area contributed by atoms with Crippen molar-refractivity contribution in [3.05, 3.63) is 51.4 Å². The van der Waals surface area contributed by atoms with Gasteiger partial charge in [-0.2, -0.15) is 5.26 Å². The van der Waals surface area contributed by atoms with E-state index in [1.165, 1.54) is 12.1 Å². The molecule has 0 bridgehead atoms. The van der Waals surface area contributed by atoms with E-state index in [4.69, 9.17) is 9.78 Å². The molecule has 0 aliphatic rings. The Kier molecular flexibility index (Phi) is 3.43. The van der Waals surface area contributed by atoms with Gasteiger partial charge in [-0.15, -0.1) is 0 Å². The fourth-order valence-corrected chi connectivity index (χ4v) is 1.58. The van der Waals surface area contributed by atoms with Crippen molar-refractivity contribution in [3.63, 3.8) is 0 Å². The summed E-state index contributed by atoms with van der Waals surface area (Å²) in [5, 5.41) is 26.4. The van der Waals surface area contributed by atoms with E-state index in [-0.39, 0.29) is 11.3 Å². The molecular formula is C12H10N4O3. The van der Waals surface area contributed by atoms with Crippen molar-refractivity contribution >= 4 is 11.4 Å². The molecule has 1 N–H and O–H groups in total. The average Bonchev–Trinajstić information content (AvgIpc) is 2.81. The van der Waals surface area contributed by atoms with Gasteiger partial charge in [0.15, 0.2) is 0 Å². The van der Waals surface area contributed by atoms with Crippen molar-refractivity contribution in [2.45, 2.75) is 13.5 Å². The molecule has 0 aliphatic heterocycles. The molecule has 1 aromatic carbocycles. The topological polar surface area (TPSA) is 105 Å². The molecule has 1 aromatic heterocycles. The predicted molar refractivity (Wildman–Crippen MR) is 66.4 cm³/mol. The van der Waals surface area contributed by atoms with Gasteiger partial charge in [0, 0.05) is 17.8 Å². The normalized spacial score (nSPS) is 9.89. The quantitative estimate of drug-likeness (QED) is 0.666. The number of benzene rings is 1. The van der Waals surface area contributed by atoms with Crippen LogP contribution < -0.4 is 5.32 Å². The number of nitro groups is 1. The molecule has 0 saturated carbocycles. The summed E-state index contributed by atoms with van der Waals surface area (Å²) in [6.07, 6.45) is 0. The first-order valence-electron chi connectivity index (χ1n) is 5.45. The minimum Gasteiger partial charge on any atom is -0.379 e. The van der Waals surface area contributed by atoms with Crippen LogP contribution in [0.5, 0.6) is 0 Å². The molecule has 0 saturated heterocycles. The van der Waals surface area contributed by atoms with Gasteiger partial charge in [-0.25, -0.2) is 0 Å². The molecule has 2 aromatic rings. The number of nitrogens with one attached hydrogen (secondary N) is 1. The zero-order chi connectivity index (χ0) is 13.8. The van der Waals surface area contributed by atoms with Crippen LogP contribution in [-0.4, -0.2) is 10.1 Å². The van der Waals surface area contributed by atoms with E-state index in [0.717, 1.165) is 0 Å². The summed E-state index contributed by atoms with van der Waals surface area (Å²) in [4.78, 5) is 10.2. The van der Waals surface area contributed by atoms with Gasteiger partial charge in [-0.05, 0) is 19.1 Å². The van der Waals surface area contributed by atoms with E-state index in [1.807, 2.05) is 0 Å². The third kappa shape index (κ3) is 2.87. The minimum atomic E-state index is -0.579. The van der Waals surface area contributed by atoms with Gasteiger partial charge in [-0.1, -0.05) is 5.16 Å². The molecule has 1 heterocycles. The first-order chi connectivity index (χ1) is 9.10. The van der Waals surface area contributed by atoms with Gasteiger partial charge in [-0.3, -0.25) is 10.1 Å². The molecule has 0 radical (unpaired) electrons. The number of rotatable bonds is 4. The van der Waals surface area contributed by atoms with Gasteiger partial charge >= 0.3 is 0 Å². The minimum absolute atomic E-state index is 0.0350. The first-order valence-corrected chi connectivity index (χ1v) is 5.45. The molecule has 0 amide bonds. The Bertz CT molecular complexity index is 657. The monoisotopic (exact) mass is 258 g/mol. The van der Waals surface area contributed by atoms with Gasteiger partial charge in [0.2, 0.25) is 0 Å². The summed E-state index contributed by atoms with van der Waals surface area (Å²) in [5.41, 5.74) is 1.06. The molecule has 7 heteroatoms. The van der Waals surface area contributed by atoms with E-state index < -0.39 is 4.92 Å². The maximum Gasteiger partial charge on any atom is 0.289 e. The Morgan fingerprint density at radius 3 is 2.89 bits per heavy atom. The molecule has 0 spiro atoms. The van der Waals surface area contributed by atoms with Crippen molar-refractivity contribution in [2.75, 3.05) is 5.32 Å². The van der Waals surface area contributed by atoms with E-state index in [2.05, 4.69) is 10.5 Å². The molecule has 0 aliphatic carbocycles. The lowest BCUT2D eigenvalue weighted by atomic mass is 10.2. The highest BCUT2D eigenvalue weighted by Crippen LogP contribution is 2.22. The first kappa shape index (κ1) is 12.6. The van der Waals surface area contributed by atoms with Crippen molar-refractivity contribution in [2.24, 2.45) is 0 Å². The Hall–Kier alpha value is -2.88. The van der Waals surface area contributed by atoms with Crippen LogP contribution in [0.1, 0.15) is 17.0 Å². The van der Waals surface area contributed by atoms with Gasteiger partial charge in [0.05, 0.1) is 11.5 Å². The van der Waals surface area contributed by atoms with Crippen molar-refractivity contribution in [3.8, 4) is 6.07 Å². The SMILES string of the molecule is Cc1cc(CNc2ccc(C#N)c([N+](=O)[O-])c2)no1. The maximum absolute atomic E-state index is 10.8. The van der Waals surface area contributed by atoms with Gasteiger partial charge in [0.25, 0.3) is 5.69 Å². The number of aryl methyl sites for hydroxylation is 1. The summed E-state index contributed by atoms with van der Waals surface area (Å²) in [7, 11) is 0. The van der Waals surface area contributed by atoms with Crippen molar-refractivity contribution in [1.29, 1.82) is 5.26 Å². The summed E-state index contributed by atoms with van der Waals surface area (Å²) < 4.78 is 4.91. The zero-order valence-electron chi connectivity index (χ0n) is 10.1. The summed E-state index contributed by atoms with van der Waals surface area (Å²) >= 11 is 0. The molecule has 2 rings (SSSR count). The summed E-state index contributed by atoms with van der Waals surface area (Å²) in [5.74, 6) is 0.697. The molecule has 7 nitrogen and oxygen atoms in total. The van der Waals surface area contributed by atoms with Crippen LogP contribution in [0.25, 0.3) is 0 Å². The second-order valence-corrected chi connectivity index (χ2v) is 3.88. The van der Waals surface area contributed by atoms with Crippen LogP contribution in [0.4, 0.5) is 11.4 Å². The molecule has 0 fully saturated rings. The fourth-order valence-electron chi connectivity index (χ4n) is 1.58. The molecule has 96 valence electrons. The van der Waals surface area contributed by atoms with Crippen LogP contribution in [0.2, 0.25) is 0 Å². The zero-order valence-corrected chi connectivity index (χ0v) is 10.1. The van der Waals surface area contributed by atoms with Gasteiger partial charge in [0.1, 0.15) is 23.1 Å². The molecule has 19 heavy (non-hydrogen) atoms. The number of anilines is 1. The third-order valence-corrected chi connectivity index (χ3v) is 2.47.